The molecule has 0 radical (unpaired) electrons. The summed E-state index contributed by atoms with van der Waals surface area (Å²) in [4.78, 5) is 16.9. The van der Waals surface area contributed by atoms with Crippen LogP contribution in [0, 0.1) is 5.41 Å². The summed E-state index contributed by atoms with van der Waals surface area (Å²) in [6, 6.07) is 7.56. The van der Waals surface area contributed by atoms with Gasteiger partial charge in [-0.25, -0.2) is 4.84 Å². The van der Waals surface area contributed by atoms with E-state index in [4.69, 9.17) is 4.84 Å². The highest BCUT2D eigenvalue weighted by atomic mass is 16.6. The monoisotopic (exact) mass is 237 g/mol. The van der Waals surface area contributed by atoms with Gasteiger partial charge in [-0.3, -0.25) is 4.79 Å². The molecule has 3 N–H and O–H groups in total. The minimum atomic E-state index is -0.346. The van der Waals surface area contributed by atoms with Gasteiger partial charge in [-0.2, -0.15) is 5.48 Å². The average molecular weight is 237 g/mol. The van der Waals surface area contributed by atoms with Gasteiger partial charge < -0.3 is 5.32 Å². The summed E-state index contributed by atoms with van der Waals surface area (Å²) < 4.78 is 0. The molecule has 0 saturated heterocycles. The Morgan fingerprint density at radius 1 is 1.47 bits per heavy atom. The number of quaternary nitrogens is 1. The molecule has 0 saturated carbocycles. The van der Waals surface area contributed by atoms with Crippen LogP contribution < -0.4 is 10.8 Å². The van der Waals surface area contributed by atoms with Gasteiger partial charge in [0, 0.05) is 23.2 Å². The Hall–Kier alpha value is -1.39. The molecule has 0 atom stereocenters. The van der Waals surface area contributed by atoms with Crippen LogP contribution in [0.25, 0.3) is 0 Å². The van der Waals surface area contributed by atoms with Crippen molar-refractivity contribution in [2.75, 3.05) is 12.4 Å². The summed E-state index contributed by atoms with van der Waals surface area (Å²) in [6.07, 6.45) is 0.808. The molecule has 1 aromatic rings. The Kier molecular flexibility index (Phi) is 4.66. The zero-order valence-electron chi connectivity index (χ0n) is 10.9. The normalized spacial score (nSPS) is 11.3. The summed E-state index contributed by atoms with van der Waals surface area (Å²) in [5, 5.41) is 2.92. The lowest BCUT2D eigenvalue weighted by molar-refractivity contribution is -0.830. The van der Waals surface area contributed by atoms with E-state index in [1.54, 1.807) is 12.6 Å². The molecule has 94 valence electrons. The first-order chi connectivity index (χ1) is 7.99. The molecule has 1 rings (SSSR count). The maximum atomic E-state index is 12.0. The molecule has 1 aromatic carbocycles. The number of hydrogen-bond donors (Lipinski definition) is 2. The highest BCUT2D eigenvalue weighted by molar-refractivity contribution is 5.94. The van der Waals surface area contributed by atoms with Crippen molar-refractivity contribution in [2.45, 2.75) is 27.2 Å². The van der Waals surface area contributed by atoms with Crippen LogP contribution in [0.3, 0.4) is 0 Å². The zero-order chi connectivity index (χ0) is 12.9. The van der Waals surface area contributed by atoms with Crippen LogP contribution in [-0.4, -0.2) is 13.0 Å². The van der Waals surface area contributed by atoms with Crippen LogP contribution in [0.4, 0.5) is 11.4 Å². The van der Waals surface area contributed by atoms with Crippen LogP contribution in [0.15, 0.2) is 24.3 Å². The standard InChI is InChI=1S/C13H20N2O2/c1-5-13(2,3)12(16)14-10-7-6-8-11(9-10)15-17-4/h6-9,15H,5H2,1-4H3,(H,14,16)/p+1. The lowest BCUT2D eigenvalue weighted by Gasteiger charge is -2.21. The van der Waals surface area contributed by atoms with Crippen LogP contribution in [0.1, 0.15) is 27.2 Å². The van der Waals surface area contributed by atoms with Gasteiger partial charge in [0.1, 0.15) is 0 Å². The van der Waals surface area contributed by atoms with Crippen molar-refractivity contribution in [1.29, 1.82) is 0 Å². The van der Waals surface area contributed by atoms with Crippen LogP contribution >= 0.6 is 0 Å². The van der Waals surface area contributed by atoms with Crippen molar-refractivity contribution in [2.24, 2.45) is 5.41 Å². The van der Waals surface area contributed by atoms with Gasteiger partial charge in [0.25, 0.3) is 0 Å². The van der Waals surface area contributed by atoms with E-state index < -0.39 is 0 Å². The van der Waals surface area contributed by atoms with Gasteiger partial charge >= 0.3 is 0 Å². The molecule has 0 heterocycles. The number of anilines is 1. The molecule has 0 aromatic heterocycles. The summed E-state index contributed by atoms with van der Waals surface area (Å²) in [5.41, 5.74) is 3.02. The van der Waals surface area contributed by atoms with E-state index in [0.717, 1.165) is 17.8 Å². The van der Waals surface area contributed by atoms with E-state index in [1.807, 2.05) is 45.0 Å². The third-order valence-corrected chi connectivity index (χ3v) is 2.90. The predicted molar refractivity (Wildman–Crippen MR) is 67.7 cm³/mol. The summed E-state index contributed by atoms with van der Waals surface area (Å²) in [6.45, 7) is 5.88. The first-order valence-corrected chi connectivity index (χ1v) is 5.77. The molecule has 4 nitrogen and oxygen atoms in total. The molecule has 0 aliphatic heterocycles. The Morgan fingerprint density at radius 3 is 2.76 bits per heavy atom. The number of carbonyl (C=O) groups excluding carboxylic acids is 1. The van der Waals surface area contributed by atoms with Crippen molar-refractivity contribution in [1.82, 2.24) is 0 Å². The molecule has 0 aliphatic rings. The number of amides is 1. The second-order valence-corrected chi connectivity index (χ2v) is 4.67. The van der Waals surface area contributed by atoms with Crippen molar-refractivity contribution in [3.05, 3.63) is 24.3 Å². The van der Waals surface area contributed by atoms with Gasteiger partial charge in [0.05, 0.1) is 7.11 Å². The topological polar surface area (TPSA) is 54.9 Å². The van der Waals surface area contributed by atoms with Gasteiger partial charge in [-0.15, -0.1) is 0 Å². The molecule has 4 heteroatoms. The van der Waals surface area contributed by atoms with Crippen molar-refractivity contribution < 1.29 is 15.1 Å². The maximum Gasteiger partial charge on any atom is 0.230 e. The third-order valence-electron chi connectivity index (χ3n) is 2.90. The van der Waals surface area contributed by atoms with Gasteiger partial charge in [-0.1, -0.05) is 26.8 Å². The Labute approximate surface area is 102 Å². The highest BCUT2D eigenvalue weighted by Crippen LogP contribution is 2.22. The van der Waals surface area contributed by atoms with Crippen LogP contribution in [-0.2, 0) is 9.63 Å². The second kappa shape index (κ2) is 5.80. The largest absolute Gasteiger partial charge is 0.325 e. The number of nitrogens with one attached hydrogen (secondary N) is 1. The SMILES string of the molecule is CCC(C)(C)C(=O)Nc1cccc([NH2+]OC)c1. The number of carbonyl (C=O) groups is 1. The summed E-state index contributed by atoms with van der Waals surface area (Å²) in [7, 11) is 1.60. The lowest BCUT2D eigenvalue weighted by Crippen LogP contribution is -2.75. The van der Waals surface area contributed by atoms with Crippen LogP contribution in [0.2, 0.25) is 0 Å². The number of benzene rings is 1. The van der Waals surface area contributed by atoms with E-state index >= 15 is 0 Å². The molecular weight excluding hydrogens is 216 g/mol. The van der Waals surface area contributed by atoms with Crippen molar-refractivity contribution >= 4 is 17.3 Å². The maximum absolute atomic E-state index is 12.0. The number of hydrogen-bond acceptors (Lipinski definition) is 2. The van der Waals surface area contributed by atoms with Gasteiger partial charge in [-0.05, 0) is 12.5 Å². The van der Waals surface area contributed by atoms with E-state index in [-0.39, 0.29) is 11.3 Å². The number of rotatable bonds is 5. The molecular formula is C13H21N2O2+. The molecule has 0 aliphatic carbocycles. The van der Waals surface area contributed by atoms with Crippen molar-refractivity contribution in [3.8, 4) is 0 Å². The molecule has 1 amide bonds. The van der Waals surface area contributed by atoms with E-state index in [9.17, 15) is 4.79 Å². The zero-order valence-corrected chi connectivity index (χ0v) is 10.9. The first-order valence-electron chi connectivity index (χ1n) is 5.77. The second-order valence-electron chi connectivity index (χ2n) is 4.67. The Balaban J connectivity index is 2.75. The highest BCUT2D eigenvalue weighted by Gasteiger charge is 2.25. The summed E-state index contributed by atoms with van der Waals surface area (Å²) >= 11 is 0. The average Bonchev–Trinajstić information content (AvgIpc) is 2.30. The molecule has 0 unspecified atom stereocenters. The Morgan fingerprint density at radius 2 is 2.18 bits per heavy atom. The molecule has 0 fully saturated rings. The summed E-state index contributed by atoms with van der Waals surface area (Å²) in [5.74, 6) is 0.0366. The molecule has 0 bridgehead atoms. The van der Waals surface area contributed by atoms with E-state index in [1.165, 1.54) is 0 Å². The molecule has 0 spiro atoms. The Bertz CT molecular complexity index is 389. The predicted octanol–water partition coefficient (Wildman–Crippen LogP) is 1.82. The van der Waals surface area contributed by atoms with Gasteiger partial charge in [0.2, 0.25) is 5.91 Å². The third kappa shape index (κ3) is 3.84. The van der Waals surface area contributed by atoms with Crippen molar-refractivity contribution in [3.63, 3.8) is 0 Å². The fourth-order valence-corrected chi connectivity index (χ4v) is 1.29. The fourth-order valence-electron chi connectivity index (χ4n) is 1.29. The van der Waals surface area contributed by atoms with Gasteiger partial charge in [0.15, 0.2) is 5.69 Å². The molecule has 17 heavy (non-hydrogen) atoms. The lowest BCUT2D eigenvalue weighted by atomic mass is 9.89. The minimum Gasteiger partial charge on any atom is -0.325 e. The quantitative estimate of drug-likeness (QED) is 0.606. The van der Waals surface area contributed by atoms with E-state index in [0.29, 0.717) is 0 Å². The first kappa shape index (κ1) is 13.7. The van der Waals surface area contributed by atoms with E-state index in [2.05, 4.69) is 5.32 Å². The fraction of sp³-hybridized carbons (Fsp3) is 0.462. The van der Waals surface area contributed by atoms with Crippen LogP contribution in [0.5, 0.6) is 0 Å². The smallest absolute Gasteiger partial charge is 0.230 e. The minimum absolute atomic E-state index is 0.0366. The number of nitrogens with two attached hydrogens (primary N) is 1.